The first kappa shape index (κ1) is 26.8. The second-order valence-electron chi connectivity index (χ2n) is 14.7. The van der Waals surface area contributed by atoms with E-state index in [1.165, 1.54) is 72.3 Å². The Bertz CT molecular complexity index is 2260. The maximum absolute atomic E-state index is 7.55. The molecule has 0 aromatic heterocycles. The molecule has 0 fully saturated rings. The van der Waals surface area contributed by atoms with Crippen LogP contribution in [0.3, 0.4) is 0 Å². The molecule has 0 amide bonds. The summed E-state index contributed by atoms with van der Waals surface area (Å²) >= 11 is 0. The SMILES string of the molecule is [C-]#[N+]c1ccc(N2c3ccccc3C3(c4ccccc42)c2cccc4c2B2c5c(cccc5C(C)(C)c5cccc3c52)C4(C)C)cc1. The molecule has 222 valence electrons. The average Bonchev–Trinajstić information content (AvgIpc) is 3.10. The first-order chi connectivity index (χ1) is 22.8. The first-order valence-corrected chi connectivity index (χ1v) is 16.7. The van der Waals surface area contributed by atoms with Crippen molar-refractivity contribution in [2.24, 2.45) is 0 Å². The molecule has 1 spiro atoms. The predicted octanol–water partition coefficient (Wildman–Crippen LogP) is 8.51. The van der Waals surface area contributed by atoms with Gasteiger partial charge in [0, 0.05) is 16.5 Å². The summed E-state index contributed by atoms with van der Waals surface area (Å²) in [6, 6.07) is 47.5. The predicted molar refractivity (Wildman–Crippen MR) is 195 cm³/mol. The third-order valence-corrected chi connectivity index (χ3v) is 12.0. The van der Waals surface area contributed by atoms with E-state index in [0.29, 0.717) is 5.69 Å². The summed E-state index contributed by atoms with van der Waals surface area (Å²) in [6.45, 7) is 17.5. The van der Waals surface area contributed by atoms with Gasteiger partial charge < -0.3 is 4.90 Å². The van der Waals surface area contributed by atoms with Gasteiger partial charge in [-0.1, -0.05) is 147 Å². The van der Waals surface area contributed by atoms with Crippen molar-refractivity contribution in [3.8, 4) is 0 Å². The summed E-state index contributed by atoms with van der Waals surface area (Å²) in [4.78, 5) is 6.08. The van der Waals surface area contributed by atoms with Crippen molar-refractivity contribution >= 4 is 45.9 Å². The van der Waals surface area contributed by atoms with Crippen LogP contribution in [-0.4, -0.2) is 6.71 Å². The Morgan fingerprint density at radius 2 is 0.851 bits per heavy atom. The number of nitrogens with zero attached hydrogens (tertiary/aromatic N) is 2. The summed E-state index contributed by atoms with van der Waals surface area (Å²) in [6.07, 6.45) is 0. The standard InChI is InChI=1S/C44H33BN2/c1-42(2)31-15-10-16-32-39(31)45-40-33(42)17-11-19-35(40)44(36-20-12-18-34(41(36)45)43(32,3)4)29-13-6-8-21-37(29)47(38-22-9-7-14-30(38)44)28-25-23-27(46-5)24-26-28/h6-26H,1-4H3. The van der Waals surface area contributed by atoms with Crippen molar-refractivity contribution in [2.75, 3.05) is 4.90 Å². The zero-order valence-electron chi connectivity index (χ0n) is 27.1. The fourth-order valence-corrected chi connectivity index (χ4v) is 10.1. The highest BCUT2D eigenvalue weighted by molar-refractivity contribution is 6.98. The Kier molecular flexibility index (Phi) is 4.98. The smallest absolute Gasteiger partial charge is 0.243 e. The summed E-state index contributed by atoms with van der Waals surface area (Å²) in [5.74, 6) is 0. The molecule has 0 radical (unpaired) electrons. The van der Waals surface area contributed by atoms with E-state index in [0.717, 1.165) is 5.69 Å². The van der Waals surface area contributed by atoms with Crippen molar-refractivity contribution in [3.05, 3.63) is 183 Å². The van der Waals surface area contributed by atoms with Gasteiger partial charge in [-0.15, -0.1) is 0 Å². The molecule has 0 atom stereocenters. The van der Waals surface area contributed by atoms with Crippen LogP contribution >= 0.6 is 0 Å². The van der Waals surface area contributed by atoms with Crippen molar-refractivity contribution in [2.45, 2.75) is 43.9 Å². The quantitative estimate of drug-likeness (QED) is 0.135. The third-order valence-electron chi connectivity index (χ3n) is 12.0. The number of hydrogen-bond acceptors (Lipinski definition) is 1. The molecule has 0 bridgehead atoms. The maximum Gasteiger partial charge on any atom is 0.243 e. The fourth-order valence-electron chi connectivity index (χ4n) is 10.1. The number of anilines is 3. The molecular weight excluding hydrogens is 567 g/mol. The second kappa shape index (κ2) is 8.72. The van der Waals surface area contributed by atoms with Gasteiger partial charge in [-0.2, -0.15) is 0 Å². The minimum Gasteiger partial charge on any atom is -0.310 e. The largest absolute Gasteiger partial charge is 0.310 e. The van der Waals surface area contributed by atoms with E-state index in [4.69, 9.17) is 6.57 Å². The highest BCUT2D eigenvalue weighted by Gasteiger charge is 2.58. The minimum absolute atomic E-state index is 0.140. The molecule has 4 aliphatic heterocycles. The van der Waals surface area contributed by atoms with Gasteiger partial charge in [0.05, 0.1) is 23.4 Å². The van der Waals surface area contributed by atoms with Gasteiger partial charge in [0.2, 0.25) is 6.71 Å². The van der Waals surface area contributed by atoms with E-state index in [9.17, 15) is 0 Å². The third kappa shape index (κ3) is 2.99. The van der Waals surface area contributed by atoms with E-state index in [2.05, 4.69) is 153 Å². The molecular formula is C44H33BN2. The van der Waals surface area contributed by atoms with Gasteiger partial charge in [0.1, 0.15) is 0 Å². The molecule has 4 heterocycles. The van der Waals surface area contributed by atoms with Crippen LogP contribution in [0, 0.1) is 6.57 Å². The highest BCUT2D eigenvalue weighted by atomic mass is 15.2. The van der Waals surface area contributed by atoms with Crippen molar-refractivity contribution in [3.63, 3.8) is 0 Å². The number of fused-ring (bicyclic) bond motifs is 6. The van der Waals surface area contributed by atoms with Gasteiger partial charge in [-0.25, -0.2) is 4.85 Å². The van der Waals surface area contributed by atoms with Crippen LogP contribution in [0.4, 0.5) is 22.7 Å². The summed E-state index contributed by atoms with van der Waals surface area (Å²) in [5, 5.41) is 0. The van der Waals surface area contributed by atoms with Crippen molar-refractivity contribution in [1.82, 2.24) is 0 Å². The van der Waals surface area contributed by atoms with E-state index in [1.54, 1.807) is 0 Å². The highest BCUT2D eigenvalue weighted by Crippen LogP contribution is 2.59. The number of rotatable bonds is 1. The number of hydrogen-bond donors (Lipinski definition) is 0. The molecule has 0 N–H and O–H groups in total. The molecule has 10 rings (SSSR count). The summed E-state index contributed by atoms with van der Waals surface area (Å²) in [7, 11) is 0. The van der Waals surface area contributed by atoms with Gasteiger partial charge >= 0.3 is 0 Å². The lowest BCUT2D eigenvalue weighted by atomic mass is 9.23. The monoisotopic (exact) mass is 600 g/mol. The van der Waals surface area contributed by atoms with E-state index < -0.39 is 5.41 Å². The molecule has 6 aromatic rings. The van der Waals surface area contributed by atoms with Gasteiger partial charge in [0.25, 0.3) is 0 Å². The number of benzene rings is 6. The van der Waals surface area contributed by atoms with Crippen LogP contribution in [0.25, 0.3) is 4.85 Å². The van der Waals surface area contributed by atoms with Crippen molar-refractivity contribution < 1.29 is 0 Å². The first-order valence-electron chi connectivity index (χ1n) is 16.7. The molecule has 47 heavy (non-hydrogen) atoms. The lowest BCUT2D eigenvalue weighted by Crippen LogP contribution is -2.72. The summed E-state index contributed by atoms with van der Waals surface area (Å²) < 4.78 is 0. The Morgan fingerprint density at radius 3 is 1.30 bits per heavy atom. The molecule has 6 aromatic carbocycles. The zero-order valence-corrected chi connectivity index (χ0v) is 27.1. The van der Waals surface area contributed by atoms with Crippen LogP contribution < -0.4 is 21.3 Å². The van der Waals surface area contributed by atoms with E-state index >= 15 is 0 Å². The van der Waals surface area contributed by atoms with Crippen molar-refractivity contribution in [1.29, 1.82) is 0 Å². The van der Waals surface area contributed by atoms with Gasteiger partial charge in [-0.3, -0.25) is 0 Å². The Morgan fingerprint density at radius 1 is 0.468 bits per heavy atom. The zero-order chi connectivity index (χ0) is 31.9. The van der Waals surface area contributed by atoms with Crippen LogP contribution in [0.15, 0.2) is 127 Å². The maximum atomic E-state index is 7.55. The van der Waals surface area contributed by atoms with Crippen LogP contribution in [0.5, 0.6) is 0 Å². The van der Waals surface area contributed by atoms with E-state index in [-0.39, 0.29) is 17.5 Å². The molecule has 0 aliphatic carbocycles. The van der Waals surface area contributed by atoms with E-state index in [1.807, 2.05) is 12.1 Å². The summed E-state index contributed by atoms with van der Waals surface area (Å²) in [5.41, 5.74) is 19.0. The lowest BCUT2D eigenvalue weighted by molar-refractivity contribution is 0.613. The molecule has 0 unspecified atom stereocenters. The minimum atomic E-state index is -0.511. The molecule has 0 saturated heterocycles. The number of para-hydroxylation sites is 2. The fraction of sp³-hybridized carbons (Fsp3) is 0.159. The topological polar surface area (TPSA) is 7.60 Å². The molecule has 0 saturated carbocycles. The lowest BCUT2D eigenvalue weighted by Gasteiger charge is -2.56. The van der Waals surface area contributed by atoms with Gasteiger partial charge in [0.15, 0.2) is 5.69 Å². The van der Waals surface area contributed by atoms with Crippen LogP contribution in [0.2, 0.25) is 0 Å². The molecule has 3 heteroatoms. The normalized spacial score (nSPS) is 17.3. The Labute approximate surface area is 277 Å². The molecule has 2 nitrogen and oxygen atoms in total. The van der Waals surface area contributed by atoms with Crippen LogP contribution in [-0.2, 0) is 16.2 Å². The average molecular weight is 601 g/mol. The Hall–Kier alpha value is -5.33. The van der Waals surface area contributed by atoms with Crippen LogP contribution in [0.1, 0.15) is 72.2 Å². The van der Waals surface area contributed by atoms with Gasteiger partial charge in [-0.05, 0) is 68.8 Å². The molecule has 4 aliphatic rings. The Balaban J connectivity index is 1.40. The second-order valence-corrected chi connectivity index (χ2v) is 14.7.